The van der Waals surface area contributed by atoms with Crippen LogP contribution in [0.1, 0.15) is 30.0 Å². The van der Waals surface area contributed by atoms with E-state index in [0.717, 1.165) is 17.7 Å². The summed E-state index contributed by atoms with van der Waals surface area (Å²) in [5.41, 5.74) is 1.07. The first-order valence-corrected chi connectivity index (χ1v) is 12.8. The molecule has 3 aromatic rings. The number of rotatable bonds is 3. The summed E-state index contributed by atoms with van der Waals surface area (Å²) in [6, 6.07) is 13.0. The van der Waals surface area contributed by atoms with Crippen molar-refractivity contribution in [2.45, 2.75) is 25.1 Å². The maximum atomic E-state index is 13.4. The lowest BCUT2D eigenvalue weighted by molar-refractivity contribution is -0.139. The number of piperazine rings is 1. The highest BCUT2D eigenvalue weighted by Crippen LogP contribution is 2.34. The standard InChI is InChI=1S/C24H25F3N4O2S/c25-24(26,27)18-6-7-19-20(14-18)29-23(28-19)30-10-11-31(21(15-30)16-4-2-1-3-5-16)22(32)17-8-12-34(33)13-9-17/h1-7,14,17,21H,8-13,15H2,(H,28,29). The molecule has 3 heterocycles. The number of hydrogen-bond donors (Lipinski definition) is 1. The molecule has 0 aliphatic carbocycles. The normalized spacial score (nSPS) is 23.9. The van der Waals surface area contributed by atoms with E-state index in [4.69, 9.17) is 0 Å². The summed E-state index contributed by atoms with van der Waals surface area (Å²) in [5.74, 6) is 1.58. The minimum atomic E-state index is -4.42. The molecule has 0 bridgehead atoms. The summed E-state index contributed by atoms with van der Waals surface area (Å²) in [7, 11) is -0.835. The van der Waals surface area contributed by atoms with Gasteiger partial charge < -0.3 is 14.8 Å². The molecule has 5 rings (SSSR count). The predicted octanol–water partition coefficient (Wildman–Crippen LogP) is 4.13. The molecule has 0 spiro atoms. The molecule has 2 aliphatic heterocycles. The molecule has 2 saturated heterocycles. The maximum Gasteiger partial charge on any atom is 0.416 e. The number of aromatic amines is 1. The number of imidazole rings is 1. The number of hydrogen-bond acceptors (Lipinski definition) is 4. The highest BCUT2D eigenvalue weighted by molar-refractivity contribution is 7.85. The van der Waals surface area contributed by atoms with Crippen molar-refractivity contribution in [2.24, 2.45) is 5.92 Å². The third kappa shape index (κ3) is 4.55. The van der Waals surface area contributed by atoms with Crippen molar-refractivity contribution in [2.75, 3.05) is 36.0 Å². The van der Waals surface area contributed by atoms with Crippen molar-refractivity contribution in [1.82, 2.24) is 14.9 Å². The second kappa shape index (κ2) is 9.05. The molecule has 0 radical (unpaired) electrons. The Kier molecular flexibility index (Phi) is 6.09. The Morgan fingerprint density at radius 1 is 1.06 bits per heavy atom. The Labute approximate surface area is 197 Å². The Hall–Kier alpha value is -2.88. The van der Waals surface area contributed by atoms with Crippen molar-refractivity contribution >= 4 is 33.7 Å². The van der Waals surface area contributed by atoms with Crippen LogP contribution >= 0.6 is 0 Å². The number of nitrogens with one attached hydrogen (secondary N) is 1. The van der Waals surface area contributed by atoms with Crippen LogP contribution in [0.4, 0.5) is 19.1 Å². The Bertz CT molecular complexity index is 1200. The summed E-state index contributed by atoms with van der Waals surface area (Å²) in [4.78, 5) is 24.9. The first-order valence-electron chi connectivity index (χ1n) is 11.3. The van der Waals surface area contributed by atoms with Gasteiger partial charge >= 0.3 is 6.18 Å². The molecule has 2 aliphatic rings. The largest absolute Gasteiger partial charge is 0.416 e. The van der Waals surface area contributed by atoms with Crippen LogP contribution in [-0.2, 0) is 21.8 Å². The summed E-state index contributed by atoms with van der Waals surface area (Å²) < 4.78 is 51.1. The van der Waals surface area contributed by atoms with Crippen LogP contribution in [0, 0.1) is 5.92 Å². The number of carbonyl (C=O) groups is 1. The van der Waals surface area contributed by atoms with Crippen molar-refractivity contribution in [3.63, 3.8) is 0 Å². The fraction of sp³-hybridized carbons (Fsp3) is 0.417. The third-order valence-corrected chi connectivity index (χ3v) is 8.06. The van der Waals surface area contributed by atoms with Crippen LogP contribution in [0.2, 0.25) is 0 Å². The first kappa shape index (κ1) is 22.9. The zero-order valence-electron chi connectivity index (χ0n) is 18.4. The molecule has 1 N–H and O–H groups in total. The summed E-state index contributed by atoms with van der Waals surface area (Å²) >= 11 is 0. The van der Waals surface area contributed by atoms with Gasteiger partial charge in [0.05, 0.1) is 22.6 Å². The molecular weight excluding hydrogens is 465 g/mol. The molecule has 34 heavy (non-hydrogen) atoms. The van der Waals surface area contributed by atoms with Gasteiger partial charge in [-0.05, 0) is 36.6 Å². The van der Waals surface area contributed by atoms with E-state index in [9.17, 15) is 22.2 Å². The topological polar surface area (TPSA) is 69.3 Å². The van der Waals surface area contributed by atoms with Gasteiger partial charge in [-0.15, -0.1) is 0 Å². The van der Waals surface area contributed by atoms with Gasteiger partial charge in [0, 0.05) is 47.9 Å². The Morgan fingerprint density at radius 2 is 1.79 bits per heavy atom. The van der Waals surface area contributed by atoms with E-state index in [1.165, 1.54) is 6.07 Å². The second-order valence-electron chi connectivity index (χ2n) is 8.82. The van der Waals surface area contributed by atoms with Crippen LogP contribution in [0.3, 0.4) is 0 Å². The number of benzene rings is 2. The number of anilines is 1. The lowest BCUT2D eigenvalue weighted by Crippen LogP contribution is -2.53. The fourth-order valence-corrected chi connectivity index (χ4v) is 6.10. The molecular formula is C24H25F3N4O2S. The third-order valence-electron chi connectivity index (χ3n) is 6.68. The quantitative estimate of drug-likeness (QED) is 0.600. The molecule has 2 aromatic carbocycles. The summed E-state index contributed by atoms with van der Waals surface area (Å²) in [6.45, 7) is 1.46. The van der Waals surface area contributed by atoms with Crippen LogP contribution in [0.25, 0.3) is 11.0 Å². The number of nitrogens with zero attached hydrogens (tertiary/aromatic N) is 3. The smallest absolute Gasteiger partial charge is 0.338 e. The Morgan fingerprint density at radius 3 is 2.50 bits per heavy atom. The molecule has 0 saturated carbocycles. The highest BCUT2D eigenvalue weighted by Gasteiger charge is 2.37. The lowest BCUT2D eigenvalue weighted by atomic mass is 9.96. The average Bonchev–Trinajstić information content (AvgIpc) is 3.27. The van der Waals surface area contributed by atoms with Gasteiger partial charge in [0.1, 0.15) is 0 Å². The van der Waals surface area contributed by atoms with Crippen molar-refractivity contribution < 1.29 is 22.2 Å². The maximum absolute atomic E-state index is 13.4. The molecule has 6 nitrogen and oxygen atoms in total. The number of carbonyl (C=O) groups excluding carboxylic acids is 1. The molecule has 180 valence electrons. The minimum absolute atomic E-state index is 0.0876. The van der Waals surface area contributed by atoms with Crippen molar-refractivity contribution in [3.8, 4) is 0 Å². The number of alkyl halides is 3. The van der Waals surface area contributed by atoms with Gasteiger partial charge in [0.15, 0.2) is 0 Å². The molecule has 1 amide bonds. The van der Waals surface area contributed by atoms with E-state index in [0.29, 0.717) is 61.0 Å². The SMILES string of the molecule is O=C(C1CCS(=O)CC1)N1CCN(c2nc3ccc(C(F)(F)F)cc3[nH]2)CC1c1ccccc1. The fourth-order valence-electron chi connectivity index (χ4n) is 4.80. The number of fused-ring (bicyclic) bond motifs is 1. The number of aromatic nitrogens is 2. The van der Waals surface area contributed by atoms with Crippen molar-refractivity contribution in [1.29, 1.82) is 0 Å². The second-order valence-corrected chi connectivity index (χ2v) is 10.5. The zero-order chi connectivity index (χ0) is 23.9. The van der Waals surface area contributed by atoms with Crippen LogP contribution in [0.5, 0.6) is 0 Å². The number of H-pyrrole nitrogens is 1. The van der Waals surface area contributed by atoms with Crippen LogP contribution in [0.15, 0.2) is 48.5 Å². The molecule has 1 atom stereocenters. The zero-order valence-corrected chi connectivity index (χ0v) is 19.2. The molecule has 1 aromatic heterocycles. The lowest BCUT2D eigenvalue weighted by Gasteiger charge is -2.43. The average molecular weight is 491 g/mol. The van der Waals surface area contributed by atoms with E-state index >= 15 is 0 Å². The molecule has 1 unspecified atom stereocenters. The van der Waals surface area contributed by atoms with E-state index < -0.39 is 22.5 Å². The van der Waals surface area contributed by atoms with Crippen molar-refractivity contribution in [3.05, 3.63) is 59.7 Å². The van der Waals surface area contributed by atoms with Gasteiger partial charge in [0.2, 0.25) is 11.9 Å². The van der Waals surface area contributed by atoms with Gasteiger partial charge in [-0.1, -0.05) is 30.3 Å². The predicted molar refractivity (Wildman–Crippen MR) is 125 cm³/mol. The monoisotopic (exact) mass is 490 g/mol. The highest BCUT2D eigenvalue weighted by atomic mass is 32.2. The summed E-state index contributed by atoms with van der Waals surface area (Å²) in [6.07, 6.45) is -3.15. The van der Waals surface area contributed by atoms with E-state index in [2.05, 4.69) is 9.97 Å². The van der Waals surface area contributed by atoms with Gasteiger partial charge in [-0.3, -0.25) is 9.00 Å². The van der Waals surface area contributed by atoms with E-state index in [-0.39, 0.29) is 17.9 Å². The van der Waals surface area contributed by atoms with E-state index in [1.807, 2.05) is 40.1 Å². The molecule has 2 fully saturated rings. The van der Waals surface area contributed by atoms with Crippen LogP contribution < -0.4 is 4.90 Å². The number of halogens is 3. The van der Waals surface area contributed by atoms with Gasteiger partial charge in [-0.2, -0.15) is 13.2 Å². The minimum Gasteiger partial charge on any atom is -0.338 e. The number of amides is 1. The first-order chi connectivity index (χ1) is 16.3. The Balaban J connectivity index is 1.41. The van der Waals surface area contributed by atoms with E-state index in [1.54, 1.807) is 0 Å². The van der Waals surface area contributed by atoms with Gasteiger partial charge in [0.25, 0.3) is 0 Å². The van der Waals surface area contributed by atoms with Crippen LogP contribution in [-0.4, -0.2) is 56.1 Å². The molecule has 10 heteroatoms. The van der Waals surface area contributed by atoms with Gasteiger partial charge in [-0.25, -0.2) is 4.98 Å². The summed E-state index contributed by atoms with van der Waals surface area (Å²) in [5, 5.41) is 0.